The monoisotopic (exact) mass is 491 g/mol. The number of fused-ring (bicyclic) bond motifs is 1. The molecule has 3 N–H and O–H groups in total. The van der Waals surface area contributed by atoms with Crippen LogP contribution in [0.2, 0.25) is 10.0 Å². The number of aryl methyl sites for hydroxylation is 1. The Kier molecular flexibility index (Phi) is 6.51. The minimum Gasteiger partial charge on any atom is -0.595 e. The Bertz CT molecular complexity index is 1400. The third-order valence-electron chi connectivity index (χ3n) is 4.55. The van der Waals surface area contributed by atoms with Crippen LogP contribution >= 0.6 is 34.5 Å². The van der Waals surface area contributed by atoms with E-state index in [1.807, 2.05) is 0 Å². The predicted octanol–water partition coefficient (Wildman–Crippen LogP) is 1.98. The Morgan fingerprint density at radius 2 is 1.94 bits per heavy atom. The number of thiazole rings is 1. The van der Waals surface area contributed by atoms with Gasteiger partial charge in [-0.2, -0.15) is 5.23 Å². The van der Waals surface area contributed by atoms with Gasteiger partial charge in [-0.25, -0.2) is 9.61 Å². The second kappa shape index (κ2) is 9.33. The molecule has 2 aromatic carbocycles. The van der Waals surface area contributed by atoms with Crippen LogP contribution in [0, 0.1) is 5.21 Å². The maximum Gasteiger partial charge on any atom is 0.275 e. The fraction of sp³-hybridized carbons (Fsp3) is 0.100. The molecule has 0 aliphatic carbocycles. The Morgan fingerprint density at radius 1 is 1.19 bits per heavy atom. The van der Waals surface area contributed by atoms with Crippen molar-refractivity contribution in [3.8, 4) is 0 Å². The van der Waals surface area contributed by atoms with E-state index in [-0.39, 0.29) is 30.0 Å². The van der Waals surface area contributed by atoms with Gasteiger partial charge in [-0.15, -0.1) is 10.2 Å². The summed E-state index contributed by atoms with van der Waals surface area (Å²) in [5.74, 6) is 0.111. The standard InChI is InChI=1S/C20H15Cl2N5O4S/c21-14-6-3-12(10-15(14)22)23-18(28)8-7-17-24-25-20-26(17)19(29)16(32-20)9-11-1-4-13(5-2-11)27(30)31/h1-6,9-10,27,30H,7-8H2,(H,23,28)/b16-9-. The van der Waals surface area contributed by atoms with Crippen LogP contribution in [0.4, 0.5) is 11.4 Å². The molecule has 0 bridgehead atoms. The van der Waals surface area contributed by atoms with E-state index in [0.717, 1.165) is 0 Å². The fourth-order valence-corrected chi connectivity index (χ4v) is 4.20. The van der Waals surface area contributed by atoms with Gasteiger partial charge in [0, 0.05) is 30.7 Å². The van der Waals surface area contributed by atoms with E-state index >= 15 is 0 Å². The maximum absolute atomic E-state index is 12.8. The molecule has 4 rings (SSSR count). The second-order valence-corrected chi connectivity index (χ2v) is 8.58. The molecule has 0 saturated carbocycles. The quantitative estimate of drug-likeness (QED) is 0.354. The summed E-state index contributed by atoms with van der Waals surface area (Å²) in [6.45, 7) is 0. The fourth-order valence-electron chi connectivity index (χ4n) is 2.97. The molecule has 32 heavy (non-hydrogen) atoms. The van der Waals surface area contributed by atoms with Crippen molar-refractivity contribution in [3.63, 3.8) is 0 Å². The number of benzene rings is 2. The molecule has 12 heteroatoms. The van der Waals surface area contributed by atoms with Gasteiger partial charge in [0.25, 0.3) is 5.56 Å². The predicted molar refractivity (Wildman–Crippen MR) is 122 cm³/mol. The molecule has 0 spiro atoms. The van der Waals surface area contributed by atoms with Gasteiger partial charge in [0.15, 0.2) is 5.69 Å². The van der Waals surface area contributed by atoms with Crippen molar-refractivity contribution in [1.82, 2.24) is 14.6 Å². The lowest BCUT2D eigenvalue weighted by molar-refractivity contribution is -0.991. The minimum absolute atomic E-state index is 0.0893. The SMILES string of the molecule is O=C(CCc1nnc2s/c(=C\c3ccc([NH+]([O-])O)cc3)c(=O)n12)Nc1ccc(Cl)c(Cl)c1. The first-order valence-corrected chi connectivity index (χ1v) is 10.9. The van der Waals surface area contributed by atoms with Crippen molar-refractivity contribution >= 4 is 62.9 Å². The van der Waals surface area contributed by atoms with Crippen molar-refractivity contribution < 1.29 is 15.2 Å². The van der Waals surface area contributed by atoms with E-state index in [1.54, 1.807) is 36.4 Å². The summed E-state index contributed by atoms with van der Waals surface area (Å²) < 4.78 is 1.81. The molecule has 1 amide bonds. The van der Waals surface area contributed by atoms with Crippen molar-refractivity contribution in [2.75, 3.05) is 5.32 Å². The third-order valence-corrected chi connectivity index (χ3v) is 6.25. The topological polar surface area (TPSA) is 124 Å². The van der Waals surface area contributed by atoms with Gasteiger partial charge in [0.2, 0.25) is 10.9 Å². The number of quaternary nitrogens is 1. The van der Waals surface area contributed by atoms with Crippen LogP contribution < -0.4 is 20.6 Å². The average molecular weight is 492 g/mol. The highest BCUT2D eigenvalue weighted by Gasteiger charge is 2.14. The summed E-state index contributed by atoms with van der Waals surface area (Å²) in [6, 6.07) is 11.0. The Hall–Kier alpha value is -2.86. The van der Waals surface area contributed by atoms with Gasteiger partial charge in [-0.3, -0.25) is 9.59 Å². The van der Waals surface area contributed by atoms with E-state index in [1.165, 1.54) is 27.9 Å². The van der Waals surface area contributed by atoms with Crippen molar-refractivity contribution in [2.24, 2.45) is 0 Å². The number of carbonyl (C=O) groups is 1. The molecule has 0 aliphatic heterocycles. The van der Waals surface area contributed by atoms with Gasteiger partial charge in [0.1, 0.15) is 5.82 Å². The van der Waals surface area contributed by atoms with Gasteiger partial charge in [-0.1, -0.05) is 34.5 Å². The second-order valence-electron chi connectivity index (χ2n) is 6.75. The van der Waals surface area contributed by atoms with E-state index in [4.69, 9.17) is 28.4 Å². The smallest absolute Gasteiger partial charge is 0.275 e. The average Bonchev–Trinajstić information content (AvgIpc) is 3.30. The number of rotatable bonds is 6. The Balaban J connectivity index is 1.50. The molecule has 2 aromatic heterocycles. The zero-order valence-electron chi connectivity index (χ0n) is 16.2. The number of halogens is 2. The molecule has 0 fully saturated rings. The van der Waals surface area contributed by atoms with Crippen LogP contribution in [0.15, 0.2) is 47.3 Å². The van der Waals surface area contributed by atoms with Crippen molar-refractivity contribution in [2.45, 2.75) is 12.8 Å². The van der Waals surface area contributed by atoms with Crippen LogP contribution in [-0.4, -0.2) is 25.7 Å². The van der Waals surface area contributed by atoms with Gasteiger partial charge >= 0.3 is 0 Å². The molecule has 2 heterocycles. The number of carbonyl (C=O) groups excluding carboxylic acids is 1. The number of amides is 1. The summed E-state index contributed by atoms with van der Waals surface area (Å²) in [4.78, 5) is 25.5. The van der Waals surface area contributed by atoms with Gasteiger partial charge in [-0.05, 0) is 42.0 Å². The molecular formula is C20H15Cl2N5O4S. The van der Waals surface area contributed by atoms with Crippen molar-refractivity contribution in [1.29, 1.82) is 0 Å². The summed E-state index contributed by atoms with van der Waals surface area (Å²) >= 11 is 13.0. The molecule has 9 nitrogen and oxygen atoms in total. The van der Waals surface area contributed by atoms with Crippen molar-refractivity contribution in [3.05, 3.63) is 84.0 Å². The van der Waals surface area contributed by atoms with Crippen LogP contribution in [-0.2, 0) is 11.2 Å². The van der Waals surface area contributed by atoms with E-state index in [0.29, 0.717) is 36.6 Å². The lowest BCUT2D eigenvalue weighted by atomic mass is 10.2. The van der Waals surface area contributed by atoms with E-state index in [9.17, 15) is 14.8 Å². The number of nitrogens with one attached hydrogen (secondary N) is 2. The number of hydrogen-bond donors (Lipinski definition) is 3. The first-order chi connectivity index (χ1) is 15.3. The third kappa shape index (κ3) is 4.80. The Morgan fingerprint density at radius 3 is 2.62 bits per heavy atom. The molecule has 164 valence electrons. The minimum atomic E-state index is -1.02. The number of anilines is 1. The molecule has 0 saturated heterocycles. The first kappa shape index (κ1) is 22.3. The Labute approximate surface area is 194 Å². The molecular weight excluding hydrogens is 477 g/mol. The summed E-state index contributed by atoms with van der Waals surface area (Å²) in [5, 5.41) is 30.4. The van der Waals surface area contributed by atoms with Crippen LogP contribution in [0.25, 0.3) is 11.0 Å². The zero-order chi connectivity index (χ0) is 22.8. The lowest BCUT2D eigenvalue weighted by Gasteiger charge is -2.10. The molecule has 4 aromatic rings. The van der Waals surface area contributed by atoms with E-state index < -0.39 is 5.23 Å². The highest BCUT2D eigenvalue weighted by atomic mass is 35.5. The normalized spacial score (nSPS) is 12.9. The van der Waals surface area contributed by atoms with Gasteiger partial charge in [0.05, 0.1) is 14.6 Å². The molecule has 0 aliphatic rings. The lowest BCUT2D eigenvalue weighted by Crippen LogP contribution is -2.99. The van der Waals surface area contributed by atoms with Crippen LogP contribution in [0.1, 0.15) is 17.8 Å². The number of nitrogens with zero attached hydrogens (tertiary/aromatic N) is 3. The van der Waals surface area contributed by atoms with Gasteiger partial charge < -0.3 is 10.5 Å². The van der Waals surface area contributed by atoms with E-state index in [2.05, 4.69) is 15.5 Å². The molecule has 1 atom stereocenters. The number of aromatic nitrogens is 3. The molecule has 0 radical (unpaired) electrons. The number of hydrogen-bond acceptors (Lipinski definition) is 7. The summed E-state index contributed by atoms with van der Waals surface area (Å²) in [7, 11) is 0. The summed E-state index contributed by atoms with van der Waals surface area (Å²) in [5.41, 5.74) is 1.07. The first-order valence-electron chi connectivity index (χ1n) is 9.28. The zero-order valence-corrected chi connectivity index (χ0v) is 18.5. The highest BCUT2D eigenvalue weighted by Crippen LogP contribution is 2.25. The largest absolute Gasteiger partial charge is 0.595 e. The maximum atomic E-state index is 12.8. The van der Waals surface area contributed by atoms with Crippen LogP contribution in [0.3, 0.4) is 0 Å². The van der Waals surface area contributed by atoms with Crippen LogP contribution in [0.5, 0.6) is 0 Å². The summed E-state index contributed by atoms with van der Waals surface area (Å²) in [6.07, 6.45) is 1.97. The molecule has 1 unspecified atom stereocenters. The highest BCUT2D eigenvalue weighted by molar-refractivity contribution is 7.15.